The molecule has 1 rings (SSSR count). The molecule has 0 amide bonds. The van der Waals surface area contributed by atoms with Crippen molar-refractivity contribution in [1.82, 2.24) is 5.32 Å². The Morgan fingerprint density at radius 2 is 2.33 bits per heavy atom. The molecule has 2 nitrogen and oxygen atoms in total. The van der Waals surface area contributed by atoms with E-state index in [9.17, 15) is 0 Å². The van der Waals surface area contributed by atoms with E-state index in [1.807, 2.05) is 6.92 Å². The summed E-state index contributed by atoms with van der Waals surface area (Å²) in [6.45, 7) is 3.40. The SMILES string of the molecule is CC#CCNC(CN)C1CCC1. The van der Waals surface area contributed by atoms with Crippen LogP contribution in [0.4, 0.5) is 0 Å². The van der Waals surface area contributed by atoms with Crippen molar-refractivity contribution >= 4 is 0 Å². The van der Waals surface area contributed by atoms with Crippen LogP contribution < -0.4 is 11.1 Å². The first-order chi connectivity index (χ1) is 5.88. The molecule has 0 bridgehead atoms. The Morgan fingerprint density at radius 3 is 2.75 bits per heavy atom. The monoisotopic (exact) mass is 166 g/mol. The van der Waals surface area contributed by atoms with Gasteiger partial charge in [0, 0.05) is 12.6 Å². The van der Waals surface area contributed by atoms with Crippen LogP contribution in [0.3, 0.4) is 0 Å². The third kappa shape index (κ3) is 2.51. The first-order valence-corrected chi connectivity index (χ1v) is 4.71. The summed E-state index contributed by atoms with van der Waals surface area (Å²) in [5.41, 5.74) is 5.65. The Labute approximate surface area is 74.9 Å². The first-order valence-electron chi connectivity index (χ1n) is 4.71. The lowest BCUT2D eigenvalue weighted by Gasteiger charge is -2.33. The van der Waals surface area contributed by atoms with E-state index < -0.39 is 0 Å². The lowest BCUT2D eigenvalue weighted by atomic mass is 9.80. The first kappa shape index (κ1) is 9.57. The molecule has 1 saturated carbocycles. The smallest absolute Gasteiger partial charge is 0.0579 e. The molecule has 0 radical (unpaired) electrons. The summed E-state index contributed by atoms with van der Waals surface area (Å²) in [4.78, 5) is 0. The minimum Gasteiger partial charge on any atom is -0.329 e. The van der Waals surface area contributed by atoms with E-state index in [1.165, 1.54) is 19.3 Å². The van der Waals surface area contributed by atoms with Crippen molar-refractivity contribution in [2.75, 3.05) is 13.1 Å². The second-order valence-electron chi connectivity index (χ2n) is 3.34. The maximum absolute atomic E-state index is 5.65. The van der Waals surface area contributed by atoms with Crippen molar-refractivity contribution in [2.45, 2.75) is 32.2 Å². The highest BCUT2D eigenvalue weighted by Gasteiger charge is 2.25. The van der Waals surface area contributed by atoms with Gasteiger partial charge in [0.15, 0.2) is 0 Å². The molecule has 1 aliphatic carbocycles. The van der Waals surface area contributed by atoms with E-state index in [0.717, 1.165) is 19.0 Å². The van der Waals surface area contributed by atoms with Gasteiger partial charge in [0.1, 0.15) is 0 Å². The summed E-state index contributed by atoms with van der Waals surface area (Å²) >= 11 is 0. The molecule has 12 heavy (non-hydrogen) atoms. The van der Waals surface area contributed by atoms with Crippen molar-refractivity contribution in [3.63, 3.8) is 0 Å². The van der Waals surface area contributed by atoms with Crippen molar-refractivity contribution < 1.29 is 0 Å². The van der Waals surface area contributed by atoms with Crippen LogP contribution in [-0.4, -0.2) is 19.1 Å². The number of rotatable bonds is 4. The minimum absolute atomic E-state index is 0.500. The quantitative estimate of drug-likeness (QED) is 0.604. The molecule has 1 unspecified atom stereocenters. The summed E-state index contributed by atoms with van der Waals surface area (Å²) in [6.07, 6.45) is 4.06. The molecule has 1 aliphatic rings. The Hall–Kier alpha value is -0.520. The van der Waals surface area contributed by atoms with Crippen molar-refractivity contribution in [1.29, 1.82) is 0 Å². The number of nitrogens with two attached hydrogens (primary N) is 1. The lowest BCUT2D eigenvalue weighted by Crippen LogP contribution is -2.44. The van der Waals surface area contributed by atoms with Crippen molar-refractivity contribution in [3.05, 3.63) is 0 Å². The molecule has 0 aromatic carbocycles. The van der Waals surface area contributed by atoms with E-state index in [2.05, 4.69) is 17.2 Å². The highest BCUT2D eigenvalue weighted by molar-refractivity contribution is 4.98. The highest BCUT2D eigenvalue weighted by atomic mass is 14.9. The number of hydrogen-bond donors (Lipinski definition) is 2. The molecular formula is C10H18N2. The summed E-state index contributed by atoms with van der Waals surface area (Å²) in [7, 11) is 0. The molecule has 0 aliphatic heterocycles. The normalized spacial score (nSPS) is 19.2. The molecular weight excluding hydrogens is 148 g/mol. The molecule has 3 N–H and O–H groups in total. The molecule has 68 valence electrons. The van der Waals surface area contributed by atoms with Gasteiger partial charge in [-0.2, -0.15) is 0 Å². The van der Waals surface area contributed by atoms with Gasteiger partial charge in [-0.3, -0.25) is 0 Å². The van der Waals surface area contributed by atoms with Crippen LogP contribution in [0, 0.1) is 17.8 Å². The van der Waals surface area contributed by atoms with E-state index in [-0.39, 0.29) is 0 Å². The van der Waals surface area contributed by atoms with Gasteiger partial charge in [-0.15, -0.1) is 5.92 Å². The topological polar surface area (TPSA) is 38.0 Å². The van der Waals surface area contributed by atoms with Crippen LogP contribution in [0.15, 0.2) is 0 Å². The summed E-state index contributed by atoms with van der Waals surface area (Å²) < 4.78 is 0. The van der Waals surface area contributed by atoms with Gasteiger partial charge < -0.3 is 11.1 Å². The van der Waals surface area contributed by atoms with Crippen LogP contribution in [-0.2, 0) is 0 Å². The van der Waals surface area contributed by atoms with Crippen molar-refractivity contribution in [2.24, 2.45) is 11.7 Å². The largest absolute Gasteiger partial charge is 0.329 e. The summed E-state index contributed by atoms with van der Waals surface area (Å²) in [5, 5.41) is 3.37. The van der Waals surface area contributed by atoms with Crippen LogP contribution in [0.5, 0.6) is 0 Å². The van der Waals surface area contributed by atoms with Crippen LogP contribution in [0.25, 0.3) is 0 Å². The number of hydrogen-bond acceptors (Lipinski definition) is 2. The van der Waals surface area contributed by atoms with E-state index in [1.54, 1.807) is 0 Å². The second-order valence-corrected chi connectivity index (χ2v) is 3.34. The third-order valence-corrected chi connectivity index (χ3v) is 2.60. The maximum Gasteiger partial charge on any atom is 0.0579 e. The lowest BCUT2D eigenvalue weighted by molar-refractivity contribution is 0.237. The molecule has 0 spiro atoms. The van der Waals surface area contributed by atoms with Gasteiger partial charge in [-0.05, 0) is 25.7 Å². The van der Waals surface area contributed by atoms with Gasteiger partial charge in [0.25, 0.3) is 0 Å². The Bertz CT molecular complexity index is 174. The Morgan fingerprint density at radius 1 is 1.58 bits per heavy atom. The van der Waals surface area contributed by atoms with Gasteiger partial charge in [-0.25, -0.2) is 0 Å². The maximum atomic E-state index is 5.65. The molecule has 1 fully saturated rings. The third-order valence-electron chi connectivity index (χ3n) is 2.60. The van der Waals surface area contributed by atoms with Crippen LogP contribution >= 0.6 is 0 Å². The summed E-state index contributed by atoms with van der Waals surface area (Å²) in [5.74, 6) is 6.68. The van der Waals surface area contributed by atoms with Crippen LogP contribution in [0.1, 0.15) is 26.2 Å². The Balaban J connectivity index is 2.18. The Kier molecular flexibility index (Phi) is 4.13. The second kappa shape index (κ2) is 5.18. The average molecular weight is 166 g/mol. The average Bonchev–Trinajstić information content (AvgIpc) is 1.99. The van der Waals surface area contributed by atoms with Crippen molar-refractivity contribution in [3.8, 4) is 11.8 Å². The molecule has 1 atom stereocenters. The van der Waals surface area contributed by atoms with Gasteiger partial charge in [0.2, 0.25) is 0 Å². The zero-order chi connectivity index (χ0) is 8.81. The van der Waals surface area contributed by atoms with Gasteiger partial charge in [-0.1, -0.05) is 12.3 Å². The van der Waals surface area contributed by atoms with Gasteiger partial charge in [0.05, 0.1) is 6.54 Å². The van der Waals surface area contributed by atoms with E-state index >= 15 is 0 Å². The molecule has 0 heterocycles. The predicted octanol–water partition coefficient (Wildman–Crippen LogP) is 0.727. The zero-order valence-electron chi connectivity index (χ0n) is 7.77. The fourth-order valence-electron chi connectivity index (χ4n) is 1.56. The predicted molar refractivity (Wildman–Crippen MR) is 51.6 cm³/mol. The summed E-state index contributed by atoms with van der Waals surface area (Å²) in [6, 6.07) is 0.500. The molecule has 2 heteroatoms. The van der Waals surface area contributed by atoms with Gasteiger partial charge >= 0.3 is 0 Å². The molecule has 0 aromatic rings. The standard InChI is InChI=1S/C10H18N2/c1-2-3-7-12-10(8-11)9-5-4-6-9/h9-10,12H,4-8,11H2,1H3. The van der Waals surface area contributed by atoms with Crippen LogP contribution in [0.2, 0.25) is 0 Å². The molecule has 0 aromatic heterocycles. The number of nitrogens with one attached hydrogen (secondary N) is 1. The zero-order valence-corrected chi connectivity index (χ0v) is 7.77. The fraction of sp³-hybridized carbons (Fsp3) is 0.800. The highest BCUT2D eigenvalue weighted by Crippen LogP contribution is 2.28. The minimum atomic E-state index is 0.500. The van der Waals surface area contributed by atoms with E-state index in [0.29, 0.717) is 6.04 Å². The van der Waals surface area contributed by atoms with E-state index in [4.69, 9.17) is 5.73 Å². The fourth-order valence-corrected chi connectivity index (χ4v) is 1.56. The molecule has 0 saturated heterocycles.